The van der Waals surface area contributed by atoms with E-state index in [4.69, 9.17) is 13.9 Å². The molecule has 1 fully saturated rings. The van der Waals surface area contributed by atoms with Crippen LogP contribution in [0.2, 0.25) is 0 Å². The minimum Gasteiger partial charge on any atom is -0.482 e. The second-order valence-electron chi connectivity index (χ2n) is 11.5. The van der Waals surface area contributed by atoms with Crippen LogP contribution in [0.4, 0.5) is 17.1 Å². The molecule has 2 amide bonds. The number of benzene rings is 4. The Labute approximate surface area is 278 Å². The van der Waals surface area contributed by atoms with Crippen molar-refractivity contribution in [3.05, 3.63) is 78.9 Å². The van der Waals surface area contributed by atoms with Gasteiger partial charge >= 0.3 is 0 Å². The highest BCUT2D eigenvalue weighted by Crippen LogP contribution is 2.32. The van der Waals surface area contributed by atoms with E-state index in [1.165, 1.54) is 0 Å². The minimum atomic E-state index is -0.241. The van der Waals surface area contributed by atoms with Crippen molar-refractivity contribution in [1.82, 2.24) is 9.88 Å². The smallest absolute Gasteiger partial charge is 0.260 e. The van der Waals surface area contributed by atoms with E-state index in [9.17, 15) is 19.8 Å². The third-order valence-corrected chi connectivity index (χ3v) is 8.23. The van der Waals surface area contributed by atoms with Crippen LogP contribution in [0, 0.1) is 0 Å². The molecular formula is C36H39N5O7. The first kappa shape index (κ1) is 32.8. The number of ether oxygens (including phenoxy) is 2. The number of aliphatic hydroxyl groups excluding tert-OH is 2. The topological polar surface area (TPSA) is 141 Å². The summed E-state index contributed by atoms with van der Waals surface area (Å²) in [6.45, 7) is 2.10. The lowest BCUT2D eigenvalue weighted by Gasteiger charge is -2.28. The van der Waals surface area contributed by atoms with E-state index in [1.54, 1.807) is 28.0 Å². The van der Waals surface area contributed by atoms with Gasteiger partial charge < -0.3 is 44.1 Å². The number of carbonyl (C=O) groups is 2. The van der Waals surface area contributed by atoms with E-state index < -0.39 is 0 Å². The SMILES string of the molecule is CN(CC(=O)Nc1ccc(N(CCO)CCO)c(OCC(=O)N2CCOCC2)c1)c1ccc2cc(-c3nc4ccccc4o3)ccc2c1. The van der Waals surface area contributed by atoms with Crippen LogP contribution in [0.25, 0.3) is 33.3 Å². The Morgan fingerprint density at radius 2 is 1.69 bits per heavy atom. The van der Waals surface area contributed by atoms with E-state index >= 15 is 0 Å². The number of anilines is 3. The quantitative estimate of drug-likeness (QED) is 0.172. The molecule has 2 heterocycles. The molecule has 3 N–H and O–H groups in total. The van der Waals surface area contributed by atoms with Gasteiger partial charge in [-0.05, 0) is 59.3 Å². The van der Waals surface area contributed by atoms with E-state index in [0.29, 0.717) is 49.3 Å². The van der Waals surface area contributed by atoms with Gasteiger partial charge in [-0.15, -0.1) is 0 Å². The molecule has 6 rings (SSSR count). The summed E-state index contributed by atoms with van der Waals surface area (Å²) in [5.74, 6) is 0.510. The van der Waals surface area contributed by atoms with Crippen LogP contribution in [-0.2, 0) is 14.3 Å². The van der Waals surface area contributed by atoms with Crippen LogP contribution < -0.4 is 19.9 Å². The third kappa shape index (κ3) is 7.68. The van der Waals surface area contributed by atoms with Crippen molar-refractivity contribution in [3.63, 3.8) is 0 Å². The number of nitrogens with one attached hydrogen (secondary N) is 1. The van der Waals surface area contributed by atoms with E-state index in [0.717, 1.165) is 33.1 Å². The maximum atomic E-state index is 13.2. The second kappa shape index (κ2) is 15.2. The third-order valence-electron chi connectivity index (χ3n) is 8.23. The summed E-state index contributed by atoms with van der Waals surface area (Å²) in [4.78, 5) is 35.9. The molecule has 0 atom stereocenters. The number of rotatable bonds is 13. The highest BCUT2D eigenvalue weighted by atomic mass is 16.5. The normalized spacial score (nSPS) is 13.1. The largest absolute Gasteiger partial charge is 0.482 e. The molecule has 0 bridgehead atoms. The van der Waals surface area contributed by atoms with Crippen LogP contribution in [0.3, 0.4) is 0 Å². The summed E-state index contributed by atoms with van der Waals surface area (Å²) in [6.07, 6.45) is 0. The molecule has 1 aromatic heterocycles. The summed E-state index contributed by atoms with van der Waals surface area (Å²) in [5.41, 5.74) is 4.40. The fraction of sp³-hybridized carbons (Fsp3) is 0.306. The highest BCUT2D eigenvalue weighted by Gasteiger charge is 2.20. The molecule has 1 saturated heterocycles. The Hall–Kier alpha value is -5.17. The van der Waals surface area contributed by atoms with Crippen LogP contribution >= 0.6 is 0 Å². The zero-order chi connectivity index (χ0) is 33.5. The second-order valence-corrected chi connectivity index (χ2v) is 11.5. The summed E-state index contributed by atoms with van der Waals surface area (Å²) < 4.78 is 17.3. The van der Waals surface area contributed by atoms with Crippen LogP contribution in [-0.4, -0.2) is 105 Å². The number of amides is 2. The van der Waals surface area contributed by atoms with Gasteiger partial charge in [0.05, 0.1) is 38.7 Å². The van der Waals surface area contributed by atoms with Crippen molar-refractivity contribution < 1.29 is 33.7 Å². The van der Waals surface area contributed by atoms with Gasteiger partial charge in [0.1, 0.15) is 11.3 Å². The van der Waals surface area contributed by atoms with Crippen molar-refractivity contribution in [2.24, 2.45) is 0 Å². The van der Waals surface area contributed by atoms with Gasteiger partial charge in [0.25, 0.3) is 5.91 Å². The van der Waals surface area contributed by atoms with Crippen molar-refractivity contribution in [3.8, 4) is 17.2 Å². The molecule has 12 heteroatoms. The van der Waals surface area contributed by atoms with Crippen molar-refractivity contribution in [2.75, 3.05) is 87.9 Å². The molecule has 12 nitrogen and oxygen atoms in total. The van der Waals surface area contributed by atoms with Gasteiger partial charge in [0.15, 0.2) is 12.2 Å². The zero-order valence-electron chi connectivity index (χ0n) is 26.8. The molecule has 5 aromatic rings. The molecule has 0 spiro atoms. The number of carbonyl (C=O) groups excluding carboxylic acids is 2. The van der Waals surface area contributed by atoms with Gasteiger partial charge in [-0.1, -0.05) is 24.3 Å². The summed E-state index contributed by atoms with van der Waals surface area (Å²) >= 11 is 0. The molecule has 48 heavy (non-hydrogen) atoms. The summed E-state index contributed by atoms with van der Waals surface area (Å²) in [7, 11) is 1.85. The lowest BCUT2D eigenvalue weighted by Crippen LogP contribution is -2.43. The number of oxazole rings is 1. The number of aromatic nitrogens is 1. The Bertz CT molecular complexity index is 1850. The first-order valence-electron chi connectivity index (χ1n) is 15.9. The fourth-order valence-electron chi connectivity index (χ4n) is 5.71. The Morgan fingerprint density at radius 3 is 2.46 bits per heavy atom. The van der Waals surface area contributed by atoms with Gasteiger partial charge in [-0.2, -0.15) is 0 Å². The van der Waals surface area contributed by atoms with Crippen molar-refractivity contribution in [1.29, 1.82) is 0 Å². The molecule has 0 saturated carbocycles. The predicted octanol–water partition coefficient (Wildman–Crippen LogP) is 3.75. The van der Waals surface area contributed by atoms with Gasteiger partial charge in [0, 0.05) is 56.2 Å². The number of nitrogens with zero attached hydrogens (tertiary/aromatic N) is 4. The molecular weight excluding hydrogens is 614 g/mol. The zero-order valence-corrected chi connectivity index (χ0v) is 26.8. The van der Waals surface area contributed by atoms with Crippen molar-refractivity contribution in [2.45, 2.75) is 0 Å². The number of hydrogen-bond acceptors (Lipinski definition) is 10. The average molecular weight is 654 g/mol. The van der Waals surface area contributed by atoms with E-state index in [2.05, 4.69) is 10.3 Å². The molecule has 0 radical (unpaired) electrons. The first-order valence-corrected chi connectivity index (χ1v) is 15.9. The van der Waals surface area contributed by atoms with E-state index in [-0.39, 0.29) is 51.3 Å². The molecule has 250 valence electrons. The standard InChI is InChI=1S/C36H39N5O7/c1-39(29-10-8-25-20-27(7-6-26(25)21-29)36-38-30-4-2-3-5-32(30)48-36)23-34(44)37-28-9-11-31(40(12-16-42)13-17-43)33(22-28)47-24-35(45)41-14-18-46-19-15-41/h2-11,20-22,42-43H,12-19,23-24H2,1H3,(H,37,44). The maximum Gasteiger partial charge on any atom is 0.260 e. The lowest BCUT2D eigenvalue weighted by molar-refractivity contribution is -0.137. The Kier molecular flexibility index (Phi) is 10.3. The molecule has 1 aliphatic heterocycles. The monoisotopic (exact) mass is 653 g/mol. The van der Waals surface area contributed by atoms with Crippen LogP contribution in [0.15, 0.2) is 83.3 Å². The Balaban J connectivity index is 1.13. The van der Waals surface area contributed by atoms with Crippen LogP contribution in [0.1, 0.15) is 0 Å². The van der Waals surface area contributed by atoms with E-state index in [1.807, 2.05) is 72.6 Å². The maximum absolute atomic E-state index is 13.2. The van der Waals surface area contributed by atoms with Gasteiger partial charge in [-0.3, -0.25) is 9.59 Å². The predicted molar refractivity (Wildman–Crippen MR) is 185 cm³/mol. The van der Waals surface area contributed by atoms with Gasteiger partial charge in [0.2, 0.25) is 11.8 Å². The average Bonchev–Trinajstić information content (AvgIpc) is 3.55. The highest BCUT2D eigenvalue weighted by molar-refractivity contribution is 5.95. The van der Waals surface area contributed by atoms with Crippen LogP contribution in [0.5, 0.6) is 5.75 Å². The van der Waals surface area contributed by atoms with Crippen molar-refractivity contribution >= 4 is 50.7 Å². The fourth-order valence-corrected chi connectivity index (χ4v) is 5.71. The Morgan fingerprint density at radius 1 is 0.938 bits per heavy atom. The minimum absolute atomic E-state index is 0.0844. The summed E-state index contributed by atoms with van der Waals surface area (Å²) in [5, 5.41) is 24.2. The number of aliphatic hydroxyl groups is 2. The number of para-hydroxylation sites is 2. The number of hydrogen-bond donors (Lipinski definition) is 3. The van der Waals surface area contributed by atoms with Gasteiger partial charge in [-0.25, -0.2) is 4.98 Å². The number of morpholine rings is 1. The summed E-state index contributed by atoms with van der Waals surface area (Å²) in [6, 6.07) is 24.8. The molecule has 0 aliphatic carbocycles. The lowest BCUT2D eigenvalue weighted by atomic mass is 10.1. The molecule has 0 unspecified atom stereocenters. The molecule has 1 aliphatic rings. The molecule has 4 aromatic carbocycles. The number of fused-ring (bicyclic) bond motifs is 2. The number of likely N-dealkylation sites (N-methyl/N-ethyl adjacent to an activating group) is 1. The first-order chi connectivity index (χ1) is 23.4.